The lowest BCUT2D eigenvalue weighted by Crippen LogP contribution is -2.41. The predicted octanol–water partition coefficient (Wildman–Crippen LogP) is 3.69. The Balaban J connectivity index is 0.00000392. The molecule has 6 nitrogen and oxygen atoms in total. The number of guanidine groups is 1. The Morgan fingerprint density at radius 3 is 2.50 bits per heavy atom. The molecule has 1 unspecified atom stereocenters. The SMILES string of the molecule is CCNC(=NCC(O)c1ccc(Cl)s1)NCCNC(=O)c1ccccc1Cl.I. The zero-order valence-corrected chi connectivity index (χ0v) is 19.9. The maximum Gasteiger partial charge on any atom is 0.252 e. The minimum absolute atomic E-state index is 0. The van der Waals surface area contributed by atoms with Gasteiger partial charge in [-0.1, -0.05) is 35.3 Å². The van der Waals surface area contributed by atoms with E-state index in [9.17, 15) is 9.90 Å². The molecular formula is C18H23Cl2IN4O2S. The van der Waals surface area contributed by atoms with Gasteiger partial charge in [0.1, 0.15) is 6.10 Å². The maximum absolute atomic E-state index is 12.1. The van der Waals surface area contributed by atoms with Crippen LogP contribution in [0.15, 0.2) is 41.4 Å². The fourth-order valence-electron chi connectivity index (χ4n) is 2.21. The van der Waals surface area contributed by atoms with Crippen molar-refractivity contribution in [3.05, 3.63) is 56.2 Å². The molecule has 1 aromatic heterocycles. The molecule has 0 aliphatic heterocycles. The molecule has 28 heavy (non-hydrogen) atoms. The number of carbonyl (C=O) groups excluding carboxylic acids is 1. The van der Waals surface area contributed by atoms with Crippen molar-refractivity contribution in [3.8, 4) is 0 Å². The Hall–Kier alpha value is -1.07. The number of aliphatic imine (C=N–C) groups is 1. The van der Waals surface area contributed by atoms with E-state index < -0.39 is 6.10 Å². The summed E-state index contributed by atoms with van der Waals surface area (Å²) in [6.07, 6.45) is -0.710. The lowest BCUT2D eigenvalue weighted by Gasteiger charge is -2.13. The molecule has 0 aliphatic carbocycles. The van der Waals surface area contributed by atoms with Gasteiger partial charge >= 0.3 is 0 Å². The van der Waals surface area contributed by atoms with Gasteiger partial charge in [-0.25, -0.2) is 0 Å². The number of hydrogen-bond acceptors (Lipinski definition) is 4. The smallest absolute Gasteiger partial charge is 0.252 e. The van der Waals surface area contributed by atoms with Crippen LogP contribution in [0.5, 0.6) is 0 Å². The van der Waals surface area contributed by atoms with Crippen LogP contribution < -0.4 is 16.0 Å². The van der Waals surface area contributed by atoms with Gasteiger partial charge in [0.15, 0.2) is 5.96 Å². The Morgan fingerprint density at radius 1 is 1.14 bits per heavy atom. The average Bonchev–Trinajstić information content (AvgIpc) is 3.09. The van der Waals surface area contributed by atoms with E-state index in [0.717, 1.165) is 4.88 Å². The van der Waals surface area contributed by atoms with Gasteiger partial charge in [0.2, 0.25) is 0 Å². The summed E-state index contributed by atoms with van der Waals surface area (Å²) < 4.78 is 0.632. The standard InChI is InChI=1S/C18H22Cl2N4O2S.HI/c1-2-21-18(24-11-14(25)15-7-8-16(20)27-15)23-10-9-22-17(26)12-5-3-4-6-13(12)19;/h3-8,14,25H,2,9-11H2,1H3,(H,22,26)(H2,21,23,24);1H. The zero-order valence-electron chi connectivity index (χ0n) is 15.2. The van der Waals surface area contributed by atoms with Gasteiger partial charge < -0.3 is 21.1 Å². The van der Waals surface area contributed by atoms with E-state index >= 15 is 0 Å². The minimum atomic E-state index is -0.710. The number of amides is 1. The molecule has 1 amide bonds. The average molecular weight is 557 g/mol. The monoisotopic (exact) mass is 556 g/mol. The van der Waals surface area contributed by atoms with Gasteiger partial charge in [0.25, 0.3) is 5.91 Å². The van der Waals surface area contributed by atoms with Crippen LogP contribution in [0.3, 0.4) is 0 Å². The third-order valence-electron chi connectivity index (χ3n) is 3.51. The van der Waals surface area contributed by atoms with Crippen LogP contribution >= 0.6 is 58.5 Å². The number of hydrogen-bond donors (Lipinski definition) is 4. The van der Waals surface area contributed by atoms with Crippen molar-refractivity contribution >= 4 is 70.4 Å². The van der Waals surface area contributed by atoms with E-state index in [1.807, 2.05) is 6.92 Å². The second kappa shape index (κ2) is 13.2. The van der Waals surface area contributed by atoms with Crippen molar-refractivity contribution in [3.63, 3.8) is 0 Å². The van der Waals surface area contributed by atoms with Gasteiger partial charge in [-0.15, -0.1) is 35.3 Å². The summed E-state index contributed by atoms with van der Waals surface area (Å²) >= 11 is 13.2. The Bertz CT molecular complexity index is 788. The Morgan fingerprint density at radius 2 is 1.86 bits per heavy atom. The number of halogens is 3. The minimum Gasteiger partial charge on any atom is -0.386 e. The van der Waals surface area contributed by atoms with E-state index in [2.05, 4.69) is 20.9 Å². The Kier molecular flexibility index (Phi) is 11.8. The highest BCUT2D eigenvalue weighted by atomic mass is 127. The van der Waals surface area contributed by atoms with Crippen LogP contribution in [0.4, 0.5) is 0 Å². The molecule has 0 spiro atoms. The number of nitrogens with zero attached hydrogens (tertiary/aromatic N) is 1. The highest BCUT2D eigenvalue weighted by Gasteiger charge is 2.11. The molecule has 1 atom stereocenters. The molecule has 0 fully saturated rings. The molecule has 2 aromatic rings. The summed E-state index contributed by atoms with van der Waals surface area (Å²) in [6.45, 7) is 3.71. The number of aliphatic hydroxyl groups is 1. The van der Waals surface area contributed by atoms with Gasteiger partial charge in [0.05, 0.1) is 21.5 Å². The van der Waals surface area contributed by atoms with Gasteiger partial charge in [-0.3, -0.25) is 9.79 Å². The Labute approximate surface area is 195 Å². The molecule has 0 bridgehead atoms. The van der Waals surface area contributed by atoms with Crippen LogP contribution in [-0.2, 0) is 0 Å². The number of aliphatic hydroxyl groups excluding tert-OH is 1. The summed E-state index contributed by atoms with van der Waals surface area (Å²) in [4.78, 5) is 17.2. The fourth-order valence-corrected chi connectivity index (χ4v) is 3.47. The van der Waals surface area contributed by atoms with Gasteiger partial charge in [0, 0.05) is 24.5 Å². The van der Waals surface area contributed by atoms with Crippen molar-refractivity contribution in [1.82, 2.24) is 16.0 Å². The zero-order chi connectivity index (χ0) is 19.6. The maximum atomic E-state index is 12.1. The first-order valence-corrected chi connectivity index (χ1v) is 10.1. The van der Waals surface area contributed by atoms with E-state index in [1.165, 1.54) is 11.3 Å². The molecule has 1 aromatic carbocycles. The highest BCUT2D eigenvalue weighted by molar-refractivity contribution is 14.0. The predicted molar refractivity (Wildman–Crippen MR) is 127 cm³/mol. The molecular weight excluding hydrogens is 534 g/mol. The third-order valence-corrected chi connectivity index (χ3v) is 5.17. The number of nitrogens with one attached hydrogen (secondary N) is 3. The molecule has 0 aliphatic rings. The van der Waals surface area contributed by atoms with E-state index in [0.29, 0.717) is 40.5 Å². The summed E-state index contributed by atoms with van der Waals surface area (Å²) in [7, 11) is 0. The number of carbonyl (C=O) groups is 1. The van der Waals surface area contributed by atoms with Gasteiger partial charge in [-0.05, 0) is 31.2 Å². The van der Waals surface area contributed by atoms with Crippen molar-refractivity contribution < 1.29 is 9.90 Å². The van der Waals surface area contributed by atoms with Crippen molar-refractivity contribution in [2.24, 2.45) is 4.99 Å². The summed E-state index contributed by atoms with van der Waals surface area (Å²) in [5.41, 5.74) is 0.442. The number of benzene rings is 1. The first-order chi connectivity index (χ1) is 13.0. The third kappa shape index (κ3) is 8.12. The van der Waals surface area contributed by atoms with E-state index in [1.54, 1.807) is 36.4 Å². The summed E-state index contributed by atoms with van der Waals surface area (Å²) in [6, 6.07) is 10.4. The second-order valence-corrected chi connectivity index (χ2v) is 7.69. The van der Waals surface area contributed by atoms with Crippen LogP contribution in [0, 0.1) is 0 Å². The topological polar surface area (TPSA) is 85.8 Å². The van der Waals surface area contributed by atoms with Crippen LogP contribution in [0.1, 0.15) is 28.3 Å². The number of rotatable bonds is 8. The van der Waals surface area contributed by atoms with Crippen LogP contribution in [0.25, 0.3) is 0 Å². The lowest BCUT2D eigenvalue weighted by molar-refractivity contribution is 0.0954. The first kappa shape index (κ1) is 25.0. The molecule has 2 rings (SSSR count). The van der Waals surface area contributed by atoms with Crippen molar-refractivity contribution in [2.45, 2.75) is 13.0 Å². The lowest BCUT2D eigenvalue weighted by atomic mass is 10.2. The number of thiophene rings is 1. The molecule has 0 saturated heterocycles. The second-order valence-electron chi connectivity index (χ2n) is 5.54. The molecule has 154 valence electrons. The highest BCUT2D eigenvalue weighted by Crippen LogP contribution is 2.26. The molecule has 10 heteroatoms. The quantitative estimate of drug-likeness (QED) is 0.173. The molecule has 4 N–H and O–H groups in total. The van der Waals surface area contributed by atoms with Gasteiger partial charge in [-0.2, -0.15) is 0 Å². The van der Waals surface area contributed by atoms with Crippen LogP contribution in [-0.4, -0.2) is 43.2 Å². The normalized spacial score (nSPS) is 12.1. The molecule has 0 saturated carbocycles. The molecule has 1 heterocycles. The fraction of sp³-hybridized carbons (Fsp3) is 0.333. The summed E-state index contributed by atoms with van der Waals surface area (Å²) in [5, 5.41) is 19.6. The first-order valence-electron chi connectivity index (χ1n) is 8.49. The molecule has 0 radical (unpaired) electrons. The van der Waals surface area contributed by atoms with E-state index in [-0.39, 0.29) is 36.4 Å². The van der Waals surface area contributed by atoms with Crippen molar-refractivity contribution in [1.29, 1.82) is 0 Å². The largest absolute Gasteiger partial charge is 0.386 e. The van der Waals surface area contributed by atoms with Crippen LogP contribution in [0.2, 0.25) is 9.36 Å². The van der Waals surface area contributed by atoms with E-state index in [4.69, 9.17) is 23.2 Å². The van der Waals surface area contributed by atoms with Crippen molar-refractivity contribution in [2.75, 3.05) is 26.2 Å². The summed E-state index contributed by atoms with van der Waals surface area (Å²) in [5.74, 6) is 0.334.